The lowest BCUT2D eigenvalue weighted by molar-refractivity contribution is -0.144. The maximum Gasteiger partial charge on any atom is 0.272 e. The number of aromatic amines is 1. The normalized spacial score (nSPS) is 15.4. The van der Waals surface area contributed by atoms with Gasteiger partial charge >= 0.3 is 0 Å². The van der Waals surface area contributed by atoms with Gasteiger partial charge in [0.25, 0.3) is 5.91 Å². The van der Waals surface area contributed by atoms with Crippen LogP contribution in [0.4, 0.5) is 0 Å². The zero-order chi connectivity index (χ0) is 25.5. The van der Waals surface area contributed by atoms with Gasteiger partial charge in [-0.2, -0.15) is 5.21 Å². The Bertz CT molecular complexity index is 1340. The average Bonchev–Trinajstić information content (AvgIpc) is 3.49. The van der Waals surface area contributed by atoms with Gasteiger partial charge in [0.2, 0.25) is 11.9 Å². The van der Waals surface area contributed by atoms with Gasteiger partial charge in [-0.05, 0) is 40.3 Å². The molecular weight excluding hydrogens is 464 g/mol. The van der Waals surface area contributed by atoms with E-state index in [4.69, 9.17) is 4.84 Å². The van der Waals surface area contributed by atoms with Crippen LogP contribution in [0.5, 0.6) is 0 Å². The van der Waals surface area contributed by atoms with Gasteiger partial charge in [0.15, 0.2) is 5.84 Å². The molecule has 2 heterocycles. The van der Waals surface area contributed by atoms with E-state index in [0.717, 1.165) is 41.5 Å². The second-order valence-electron chi connectivity index (χ2n) is 9.13. The number of oxime groups is 1. The fourth-order valence-electron chi connectivity index (χ4n) is 4.50. The van der Waals surface area contributed by atoms with Crippen molar-refractivity contribution < 1.29 is 9.63 Å². The molecule has 1 aromatic heterocycles. The number of H-pyrrole nitrogens is 1. The highest BCUT2D eigenvalue weighted by Gasteiger charge is 2.33. The molecule has 188 valence electrons. The second kappa shape index (κ2) is 11.6. The number of rotatable bonds is 10. The molecule has 8 nitrogen and oxygen atoms in total. The highest BCUT2D eigenvalue weighted by Crippen LogP contribution is 2.30. The summed E-state index contributed by atoms with van der Waals surface area (Å²) in [5.74, 6) is 1.23. The van der Waals surface area contributed by atoms with Crippen molar-refractivity contribution in [2.24, 2.45) is 5.16 Å². The highest BCUT2D eigenvalue weighted by atomic mass is 16.6. The van der Waals surface area contributed by atoms with Crippen LogP contribution in [0.25, 0.3) is 22.5 Å². The van der Waals surface area contributed by atoms with Crippen molar-refractivity contribution in [1.29, 1.82) is 0 Å². The number of amidine groups is 1. The number of tetrazole rings is 1. The van der Waals surface area contributed by atoms with E-state index in [1.54, 1.807) is 4.90 Å². The van der Waals surface area contributed by atoms with Crippen molar-refractivity contribution in [2.75, 3.05) is 0 Å². The first-order chi connectivity index (χ1) is 18.2. The summed E-state index contributed by atoms with van der Waals surface area (Å²) in [7, 11) is 0. The van der Waals surface area contributed by atoms with E-state index in [-0.39, 0.29) is 5.91 Å². The number of aryl methyl sites for hydroxylation is 1. The first kappa shape index (κ1) is 24.4. The van der Waals surface area contributed by atoms with Gasteiger partial charge < -0.3 is 4.84 Å². The van der Waals surface area contributed by atoms with Crippen molar-refractivity contribution in [1.82, 2.24) is 25.5 Å². The molecule has 1 aliphatic heterocycles. The maximum absolute atomic E-state index is 13.5. The monoisotopic (exact) mass is 494 g/mol. The molecule has 0 saturated carbocycles. The molecule has 3 aromatic carbocycles. The Labute approximate surface area is 216 Å². The number of amides is 1. The third-order valence-electron chi connectivity index (χ3n) is 6.55. The van der Waals surface area contributed by atoms with Crippen molar-refractivity contribution in [3.63, 3.8) is 0 Å². The number of nitrogens with zero attached hydrogens (tertiary/aromatic N) is 5. The van der Waals surface area contributed by atoms with Gasteiger partial charge in [0, 0.05) is 18.4 Å². The Morgan fingerprint density at radius 3 is 2.38 bits per heavy atom. The Balaban J connectivity index is 1.33. The third kappa shape index (κ3) is 5.74. The van der Waals surface area contributed by atoms with Gasteiger partial charge in [0.05, 0.1) is 6.54 Å². The SMILES string of the molecule is CCCCC1=NOC(CCc2ccccc2)C(=O)N1Cc1ccc(-c2ccccc2-c2nn[nH]n2)cc1. The molecule has 0 bridgehead atoms. The Kier molecular flexibility index (Phi) is 7.64. The number of carbonyl (C=O) groups is 1. The molecule has 0 fully saturated rings. The van der Waals surface area contributed by atoms with Crippen LogP contribution < -0.4 is 0 Å². The zero-order valence-corrected chi connectivity index (χ0v) is 20.9. The van der Waals surface area contributed by atoms with Gasteiger partial charge in [-0.3, -0.25) is 9.69 Å². The maximum atomic E-state index is 13.5. The number of hydrogen-bond acceptors (Lipinski definition) is 6. The molecule has 1 amide bonds. The highest BCUT2D eigenvalue weighted by molar-refractivity contribution is 6.01. The topological polar surface area (TPSA) is 96.4 Å². The minimum atomic E-state index is -0.577. The standard InChI is InChI=1S/C29H30N6O2/c1-2-3-13-27-32-37-26(19-16-21-9-5-4-6-10-21)29(36)35(27)20-22-14-17-23(18-15-22)24-11-7-8-12-25(24)28-30-33-34-31-28/h4-12,14-15,17-18,26H,2-3,13,16,19-20H2,1H3,(H,30,31,33,34). The number of carbonyl (C=O) groups excluding carboxylic acids is 1. The van der Waals surface area contributed by atoms with Crippen molar-refractivity contribution in [3.05, 3.63) is 90.0 Å². The van der Waals surface area contributed by atoms with Crippen LogP contribution >= 0.6 is 0 Å². The van der Waals surface area contributed by atoms with Crippen LogP contribution in [0.1, 0.15) is 43.7 Å². The number of hydrogen-bond donors (Lipinski definition) is 1. The van der Waals surface area contributed by atoms with E-state index in [0.29, 0.717) is 31.0 Å². The van der Waals surface area contributed by atoms with Gasteiger partial charge in [-0.25, -0.2) is 0 Å². The molecule has 1 aliphatic rings. The number of nitrogens with one attached hydrogen (secondary N) is 1. The summed E-state index contributed by atoms with van der Waals surface area (Å²) in [6, 6.07) is 26.4. The summed E-state index contributed by atoms with van der Waals surface area (Å²) in [5.41, 5.74) is 5.18. The van der Waals surface area contributed by atoms with E-state index >= 15 is 0 Å². The molecule has 0 saturated heterocycles. The summed E-state index contributed by atoms with van der Waals surface area (Å²) in [6.07, 6.45) is 3.46. The van der Waals surface area contributed by atoms with Crippen LogP contribution in [0.15, 0.2) is 84.0 Å². The summed E-state index contributed by atoms with van der Waals surface area (Å²) >= 11 is 0. The number of unbranched alkanes of at least 4 members (excludes halogenated alkanes) is 1. The van der Waals surface area contributed by atoms with Crippen molar-refractivity contribution in [2.45, 2.75) is 51.7 Å². The summed E-state index contributed by atoms with van der Waals surface area (Å²) in [5, 5.41) is 18.9. The minimum Gasteiger partial charge on any atom is -0.381 e. The Morgan fingerprint density at radius 1 is 0.892 bits per heavy atom. The predicted molar refractivity (Wildman–Crippen MR) is 142 cm³/mol. The Morgan fingerprint density at radius 2 is 1.65 bits per heavy atom. The number of benzene rings is 3. The summed E-state index contributed by atoms with van der Waals surface area (Å²) in [4.78, 5) is 21.0. The van der Waals surface area contributed by atoms with Crippen LogP contribution in [-0.2, 0) is 22.6 Å². The molecule has 8 heteroatoms. The molecule has 1 unspecified atom stereocenters. The summed E-state index contributed by atoms with van der Waals surface area (Å²) < 4.78 is 0. The second-order valence-corrected chi connectivity index (χ2v) is 9.13. The number of aromatic nitrogens is 4. The van der Waals surface area contributed by atoms with E-state index in [1.165, 1.54) is 5.56 Å². The van der Waals surface area contributed by atoms with E-state index in [9.17, 15) is 4.79 Å². The van der Waals surface area contributed by atoms with Crippen LogP contribution in [0, 0.1) is 0 Å². The molecule has 4 aromatic rings. The van der Waals surface area contributed by atoms with Crippen LogP contribution in [-0.4, -0.2) is 43.4 Å². The molecule has 5 rings (SSSR count). The summed E-state index contributed by atoms with van der Waals surface area (Å²) in [6.45, 7) is 2.59. The lowest BCUT2D eigenvalue weighted by Crippen LogP contribution is -2.47. The van der Waals surface area contributed by atoms with E-state index < -0.39 is 6.10 Å². The lowest BCUT2D eigenvalue weighted by atomic mass is 9.98. The molecule has 1 N–H and O–H groups in total. The average molecular weight is 495 g/mol. The van der Waals surface area contributed by atoms with Crippen LogP contribution in [0.2, 0.25) is 0 Å². The van der Waals surface area contributed by atoms with Crippen LogP contribution in [0.3, 0.4) is 0 Å². The fraction of sp³-hybridized carbons (Fsp3) is 0.276. The third-order valence-corrected chi connectivity index (χ3v) is 6.55. The molecular formula is C29H30N6O2. The van der Waals surface area contributed by atoms with Gasteiger partial charge in [-0.15, -0.1) is 10.2 Å². The fourth-order valence-corrected chi connectivity index (χ4v) is 4.50. The van der Waals surface area contributed by atoms with Crippen molar-refractivity contribution in [3.8, 4) is 22.5 Å². The molecule has 37 heavy (non-hydrogen) atoms. The zero-order valence-electron chi connectivity index (χ0n) is 20.9. The quantitative estimate of drug-likeness (QED) is 0.319. The molecule has 1 atom stereocenters. The lowest BCUT2D eigenvalue weighted by Gasteiger charge is -2.31. The predicted octanol–water partition coefficient (Wildman–Crippen LogP) is 5.40. The van der Waals surface area contributed by atoms with Gasteiger partial charge in [-0.1, -0.05) is 97.4 Å². The van der Waals surface area contributed by atoms with Gasteiger partial charge in [0.1, 0.15) is 0 Å². The van der Waals surface area contributed by atoms with E-state index in [1.807, 2.05) is 42.5 Å². The largest absolute Gasteiger partial charge is 0.381 e. The molecule has 0 aliphatic carbocycles. The smallest absolute Gasteiger partial charge is 0.272 e. The first-order valence-corrected chi connectivity index (χ1v) is 12.7. The van der Waals surface area contributed by atoms with Crippen molar-refractivity contribution >= 4 is 11.7 Å². The van der Waals surface area contributed by atoms with E-state index in [2.05, 4.69) is 69.1 Å². The molecule has 0 radical (unpaired) electrons. The first-order valence-electron chi connectivity index (χ1n) is 12.7. The minimum absolute atomic E-state index is 0.0245. The molecule has 0 spiro atoms. The Hall–Kier alpha value is -4.33.